The highest BCUT2D eigenvalue weighted by Crippen LogP contribution is 2.23. The van der Waals surface area contributed by atoms with Gasteiger partial charge in [-0.1, -0.05) is 19.3 Å². The van der Waals surface area contributed by atoms with Crippen molar-refractivity contribution in [2.75, 3.05) is 32.4 Å². The number of hydrogen-bond acceptors (Lipinski definition) is 3. The zero-order valence-electron chi connectivity index (χ0n) is 10.2. The van der Waals surface area contributed by atoms with E-state index in [2.05, 4.69) is 4.90 Å². The SMILES string of the molecule is CS(=N)(=O)N1CCN(C2CCCCC2)CC1. The lowest BCUT2D eigenvalue weighted by Crippen LogP contribution is -2.51. The number of piperazine rings is 1. The van der Waals surface area contributed by atoms with Gasteiger partial charge in [-0.25, -0.2) is 13.3 Å². The van der Waals surface area contributed by atoms with Gasteiger partial charge in [0.1, 0.15) is 9.92 Å². The molecule has 1 aliphatic heterocycles. The summed E-state index contributed by atoms with van der Waals surface area (Å²) >= 11 is 0. The van der Waals surface area contributed by atoms with E-state index in [4.69, 9.17) is 4.78 Å². The molecule has 1 unspecified atom stereocenters. The zero-order valence-corrected chi connectivity index (χ0v) is 11.0. The summed E-state index contributed by atoms with van der Waals surface area (Å²) in [5, 5.41) is 0. The van der Waals surface area contributed by atoms with Crippen molar-refractivity contribution in [1.29, 1.82) is 4.78 Å². The van der Waals surface area contributed by atoms with Crippen molar-refractivity contribution < 1.29 is 4.21 Å². The summed E-state index contributed by atoms with van der Waals surface area (Å²) in [6, 6.07) is 0.759. The van der Waals surface area contributed by atoms with E-state index in [9.17, 15) is 4.21 Å². The quantitative estimate of drug-likeness (QED) is 0.802. The van der Waals surface area contributed by atoms with Gasteiger partial charge in [-0.15, -0.1) is 0 Å². The Bertz CT molecular complexity index is 314. The van der Waals surface area contributed by atoms with Gasteiger partial charge in [0.25, 0.3) is 0 Å². The smallest absolute Gasteiger partial charge is 0.104 e. The number of hydrogen-bond donors (Lipinski definition) is 1. The van der Waals surface area contributed by atoms with E-state index in [1.807, 2.05) is 4.31 Å². The molecule has 0 amide bonds. The molecule has 2 fully saturated rings. The average molecular weight is 245 g/mol. The Balaban J connectivity index is 1.85. The molecule has 5 heteroatoms. The fourth-order valence-electron chi connectivity index (χ4n) is 2.86. The largest absolute Gasteiger partial charge is 0.298 e. The predicted molar refractivity (Wildman–Crippen MR) is 66.8 cm³/mol. The third-order valence-corrected chi connectivity index (χ3v) is 5.21. The third kappa shape index (κ3) is 2.96. The lowest BCUT2D eigenvalue weighted by molar-refractivity contribution is 0.113. The molecule has 0 spiro atoms. The predicted octanol–water partition coefficient (Wildman–Crippen LogP) is 1.53. The summed E-state index contributed by atoms with van der Waals surface area (Å²) in [5.74, 6) is 0. The monoisotopic (exact) mass is 245 g/mol. The highest BCUT2D eigenvalue weighted by atomic mass is 32.2. The molecule has 0 bridgehead atoms. The van der Waals surface area contributed by atoms with Gasteiger partial charge in [0.05, 0.1) is 0 Å². The van der Waals surface area contributed by atoms with Crippen LogP contribution in [0.15, 0.2) is 0 Å². The van der Waals surface area contributed by atoms with Crippen molar-refractivity contribution in [3.05, 3.63) is 0 Å². The normalized spacial score (nSPS) is 30.1. The lowest BCUT2D eigenvalue weighted by Gasteiger charge is -2.40. The molecule has 2 aliphatic rings. The van der Waals surface area contributed by atoms with Gasteiger partial charge in [-0.05, 0) is 12.8 Å². The van der Waals surface area contributed by atoms with Crippen LogP contribution in [0.3, 0.4) is 0 Å². The van der Waals surface area contributed by atoms with Crippen LogP contribution in [-0.2, 0) is 9.92 Å². The molecule has 0 aromatic rings. The second kappa shape index (κ2) is 5.02. The topological polar surface area (TPSA) is 47.4 Å². The van der Waals surface area contributed by atoms with Gasteiger partial charge >= 0.3 is 0 Å². The van der Waals surface area contributed by atoms with Crippen LogP contribution < -0.4 is 0 Å². The highest BCUT2D eigenvalue weighted by molar-refractivity contribution is 7.89. The van der Waals surface area contributed by atoms with Crippen molar-refractivity contribution in [2.24, 2.45) is 0 Å². The molecule has 4 nitrogen and oxygen atoms in total. The Morgan fingerprint density at radius 1 is 1.06 bits per heavy atom. The van der Waals surface area contributed by atoms with E-state index in [0.717, 1.165) is 32.2 Å². The molecule has 1 saturated carbocycles. The van der Waals surface area contributed by atoms with Crippen molar-refractivity contribution >= 4 is 9.92 Å². The van der Waals surface area contributed by atoms with E-state index in [1.54, 1.807) is 0 Å². The van der Waals surface area contributed by atoms with E-state index in [-0.39, 0.29) is 0 Å². The lowest BCUT2D eigenvalue weighted by atomic mass is 9.94. The standard InChI is InChI=1S/C11H23N3OS/c1-16(12,15)14-9-7-13(8-10-14)11-5-3-2-4-6-11/h11-12H,2-10H2,1H3. The Morgan fingerprint density at radius 2 is 1.62 bits per heavy atom. The molecule has 1 atom stereocenters. The summed E-state index contributed by atoms with van der Waals surface area (Å²) in [5.41, 5.74) is 0. The molecule has 0 aromatic heterocycles. The Kier molecular flexibility index (Phi) is 3.87. The second-order valence-corrected chi connectivity index (χ2v) is 7.18. The number of nitrogens with zero attached hydrogens (tertiary/aromatic N) is 2. The molecule has 0 aromatic carbocycles. The average Bonchev–Trinajstić information content (AvgIpc) is 2.29. The minimum atomic E-state index is -2.47. The molecular formula is C11H23N3OS. The van der Waals surface area contributed by atoms with Crippen LogP contribution in [0.5, 0.6) is 0 Å². The minimum absolute atomic E-state index is 0.759. The van der Waals surface area contributed by atoms with Crippen molar-refractivity contribution in [2.45, 2.75) is 38.1 Å². The summed E-state index contributed by atoms with van der Waals surface area (Å²) in [6.45, 7) is 3.59. The van der Waals surface area contributed by atoms with Gasteiger partial charge in [-0.3, -0.25) is 4.90 Å². The van der Waals surface area contributed by atoms with Crippen LogP contribution in [0.1, 0.15) is 32.1 Å². The van der Waals surface area contributed by atoms with Gasteiger partial charge in [0.2, 0.25) is 0 Å². The van der Waals surface area contributed by atoms with Gasteiger partial charge < -0.3 is 0 Å². The first kappa shape index (κ1) is 12.3. The summed E-state index contributed by atoms with van der Waals surface area (Å²) in [6.07, 6.45) is 8.33. The van der Waals surface area contributed by atoms with Crippen LogP contribution in [0.4, 0.5) is 0 Å². The zero-order chi connectivity index (χ0) is 11.6. The summed E-state index contributed by atoms with van der Waals surface area (Å²) in [7, 11) is -2.47. The molecule has 16 heavy (non-hydrogen) atoms. The third-order valence-electron chi connectivity index (χ3n) is 3.86. The first-order chi connectivity index (χ1) is 7.57. The van der Waals surface area contributed by atoms with Gasteiger partial charge in [0, 0.05) is 38.5 Å². The Hall–Kier alpha value is -0.130. The maximum Gasteiger partial charge on any atom is 0.104 e. The maximum atomic E-state index is 11.6. The first-order valence-electron chi connectivity index (χ1n) is 6.30. The fourth-order valence-corrected chi connectivity index (χ4v) is 3.72. The van der Waals surface area contributed by atoms with E-state index >= 15 is 0 Å². The number of nitrogens with one attached hydrogen (secondary N) is 1. The van der Waals surface area contributed by atoms with Gasteiger partial charge in [-0.2, -0.15) is 0 Å². The van der Waals surface area contributed by atoms with Crippen LogP contribution in [-0.4, -0.2) is 51.9 Å². The molecule has 1 saturated heterocycles. The highest BCUT2D eigenvalue weighted by Gasteiger charge is 2.27. The fraction of sp³-hybridized carbons (Fsp3) is 1.00. The molecule has 94 valence electrons. The first-order valence-corrected chi connectivity index (χ1v) is 8.22. The molecular weight excluding hydrogens is 222 g/mol. The van der Waals surface area contributed by atoms with Crippen LogP contribution >= 0.6 is 0 Å². The summed E-state index contributed by atoms with van der Waals surface area (Å²) in [4.78, 5) is 2.54. The van der Waals surface area contributed by atoms with E-state index in [0.29, 0.717) is 0 Å². The summed E-state index contributed by atoms with van der Waals surface area (Å²) < 4.78 is 21.0. The second-order valence-electron chi connectivity index (χ2n) is 5.06. The minimum Gasteiger partial charge on any atom is -0.298 e. The van der Waals surface area contributed by atoms with E-state index in [1.165, 1.54) is 38.4 Å². The number of rotatable bonds is 2. The van der Waals surface area contributed by atoms with Crippen LogP contribution in [0.25, 0.3) is 0 Å². The maximum absolute atomic E-state index is 11.6. The Morgan fingerprint density at radius 3 is 2.12 bits per heavy atom. The Labute approximate surface area is 99.1 Å². The van der Waals surface area contributed by atoms with Crippen LogP contribution in [0, 0.1) is 4.78 Å². The van der Waals surface area contributed by atoms with Gasteiger partial charge in [0.15, 0.2) is 0 Å². The molecule has 1 N–H and O–H groups in total. The van der Waals surface area contributed by atoms with E-state index < -0.39 is 9.92 Å². The van der Waals surface area contributed by atoms with Crippen molar-refractivity contribution in [1.82, 2.24) is 9.21 Å². The molecule has 1 heterocycles. The molecule has 1 aliphatic carbocycles. The molecule has 2 rings (SSSR count). The van der Waals surface area contributed by atoms with Crippen LogP contribution in [0.2, 0.25) is 0 Å². The molecule has 0 radical (unpaired) electrons. The van der Waals surface area contributed by atoms with Crippen molar-refractivity contribution in [3.63, 3.8) is 0 Å². The van der Waals surface area contributed by atoms with Crippen molar-refractivity contribution in [3.8, 4) is 0 Å².